The average molecular weight is 445 g/mol. The summed E-state index contributed by atoms with van der Waals surface area (Å²) >= 11 is 0. The van der Waals surface area contributed by atoms with Crippen LogP contribution in [0, 0.1) is 17.8 Å². The zero-order valence-corrected chi connectivity index (χ0v) is 21.7. The summed E-state index contributed by atoms with van der Waals surface area (Å²) in [6.45, 7) is 7.14. The maximum Gasteiger partial charge on any atom is -0.0162 e. The lowest BCUT2D eigenvalue weighted by atomic mass is 9.74. The number of hydrogen-bond acceptors (Lipinski definition) is 0. The third-order valence-corrected chi connectivity index (χ3v) is 9.17. The van der Waals surface area contributed by atoms with Crippen molar-refractivity contribution >= 4 is 0 Å². The van der Waals surface area contributed by atoms with Gasteiger partial charge in [0.2, 0.25) is 0 Å². The van der Waals surface area contributed by atoms with Crippen LogP contribution in [0.25, 0.3) is 11.1 Å². The Morgan fingerprint density at radius 2 is 1.15 bits per heavy atom. The molecule has 2 saturated carbocycles. The van der Waals surface area contributed by atoms with Crippen molar-refractivity contribution in [1.82, 2.24) is 0 Å². The van der Waals surface area contributed by atoms with Crippen LogP contribution in [0.5, 0.6) is 0 Å². The third kappa shape index (κ3) is 6.74. The minimum absolute atomic E-state index is 0.780. The first-order valence-corrected chi connectivity index (χ1v) is 14.4. The fourth-order valence-corrected chi connectivity index (χ4v) is 6.67. The molecule has 1 atom stereocenters. The molecule has 0 radical (unpaired) electrons. The standard InChI is InChI=1S/C33H48/c1-4-6-7-26(5-2)24-27-10-14-29(15-11-27)31-18-22-33(23-19-31)32-20-16-30(17-21-32)28-12-8-25(3)9-13-28/h16-23,25-29H,4-15,24H2,1-3H3. The highest BCUT2D eigenvalue weighted by Gasteiger charge is 2.24. The van der Waals surface area contributed by atoms with Gasteiger partial charge in [0.1, 0.15) is 0 Å². The van der Waals surface area contributed by atoms with Crippen LogP contribution in [0.4, 0.5) is 0 Å². The molecule has 2 aliphatic carbocycles. The normalized spacial score (nSPS) is 26.8. The number of unbranched alkanes of at least 4 members (excludes halogenated alkanes) is 1. The first kappa shape index (κ1) is 24.6. The van der Waals surface area contributed by atoms with Crippen molar-refractivity contribution in [3.8, 4) is 11.1 Å². The molecule has 1 unspecified atom stereocenters. The van der Waals surface area contributed by atoms with Gasteiger partial charge in [0.15, 0.2) is 0 Å². The smallest absolute Gasteiger partial charge is 0.0162 e. The van der Waals surface area contributed by atoms with Crippen LogP contribution in [0.2, 0.25) is 0 Å². The molecule has 4 rings (SSSR count). The van der Waals surface area contributed by atoms with Crippen molar-refractivity contribution in [2.24, 2.45) is 17.8 Å². The Morgan fingerprint density at radius 1 is 0.667 bits per heavy atom. The Labute approximate surface area is 204 Å². The predicted molar refractivity (Wildman–Crippen MR) is 145 cm³/mol. The molecule has 0 amide bonds. The van der Waals surface area contributed by atoms with E-state index in [1.54, 1.807) is 11.1 Å². The van der Waals surface area contributed by atoms with Crippen LogP contribution >= 0.6 is 0 Å². The van der Waals surface area contributed by atoms with Crippen molar-refractivity contribution in [2.75, 3.05) is 0 Å². The first-order valence-electron chi connectivity index (χ1n) is 14.4. The van der Waals surface area contributed by atoms with Crippen LogP contribution in [0.1, 0.15) is 127 Å². The van der Waals surface area contributed by atoms with E-state index in [4.69, 9.17) is 0 Å². The topological polar surface area (TPSA) is 0 Å². The van der Waals surface area contributed by atoms with E-state index in [0.717, 1.165) is 29.6 Å². The van der Waals surface area contributed by atoms with Crippen LogP contribution in [-0.4, -0.2) is 0 Å². The van der Waals surface area contributed by atoms with Gasteiger partial charge in [-0.3, -0.25) is 0 Å². The molecule has 0 nitrogen and oxygen atoms in total. The molecule has 2 aromatic rings. The molecule has 0 aromatic heterocycles. The summed E-state index contributed by atoms with van der Waals surface area (Å²) in [4.78, 5) is 0. The molecular weight excluding hydrogens is 396 g/mol. The van der Waals surface area contributed by atoms with Gasteiger partial charge < -0.3 is 0 Å². The third-order valence-electron chi connectivity index (χ3n) is 9.17. The van der Waals surface area contributed by atoms with Crippen molar-refractivity contribution < 1.29 is 0 Å². The second kappa shape index (κ2) is 12.2. The molecule has 0 heterocycles. The summed E-state index contributed by atoms with van der Waals surface area (Å²) in [5.74, 6) is 4.44. The first-order chi connectivity index (χ1) is 16.2. The lowest BCUT2D eigenvalue weighted by Gasteiger charge is -2.31. The molecule has 2 aromatic carbocycles. The second-order valence-corrected chi connectivity index (χ2v) is 11.6. The van der Waals surface area contributed by atoms with Gasteiger partial charge in [0, 0.05) is 0 Å². The van der Waals surface area contributed by atoms with Gasteiger partial charge >= 0.3 is 0 Å². The van der Waals surface area contributed by atoms with E-state index >= 15 is 0 Å². The summed E-state index contributed by atoms with van der Waals surface area (Å²) < 4.78 is 0. The second-order valence-electron chi connectivity index (χ2n) is 11.6. The minimum atomic E-state index is 0.780. The zero-order chi connectivity index (χ0) is 23.0. The van der Waals surface area contributed by atoms with Gasteiger partial charge in [-0.15, -0.1) is 0 Å². The summed E-state index contributed by atoms with van der Waals surface area (Å²) in [5, 5.41) is 0. The van der Waals surface area contributed by atoms with Crippen molar-refractivity contribution in [3.63, 3.8) is 0 Å². The Bertz CT molecular complexity index is 798. The molecule has 0 saturated heterocycles. The minimum Gasteiger partial charge on any atom is -0.0654 e. The quantitative estimate of drug-likeness (QED) is 0.361. The predicted octanol–water partition coefficient (Wildman–Crippen LogP) is 10.5. The molecule has 0 bridgehead atoms. The molecule has 180 valence electrons. The van der Waals surface area contributed by atoms with Crippen LogP contribution in [0.3, 0.4) is 0 Å². The monoisotopic (exact) mass is 444 g/mol. The van der Waals surface area contributed by atoms with Crippen molar-refractivity contribution in [2.45, 2.75) is 116 Å². The maximum atomic E-state index is 2.42. The average Bonchev–Trinajstić information content (AvgIpc) is 2.88. The van der Waals surface area contributed by atoms with E-state index < -0.39 is 0 Å². The summed E-state index contributed by atoms with van der Waals surface area (Å²) in [6.07, 6.45) is 18.3. The molecule has 0 aliphatic heterocycles. The highest BCUT2D eigenvalue weighted by Crippen LogP contribution is 2.40. The SMILES string of the molecule is CCCCC(CC)CC1CCC(c2ccc(-c3ccc(C4CCC(C)CC4)cc3)cc2)CC1. The van der Waals surface area contributed by atoms with Crippen LogP contribution in [-0.2, 0) is 0 Å². The summed E-state index contributed by atoms with van der Waals surface area (Å²) in [7, 11) is 0. The van der Waals surface area contributed by atoms with E-state index in [0.29, 0.717) is 0 Å². The Kier molecular flexibility index (Phi) is 9.10. The van der Waals surface area contributed by atoms with Gasteiger partial charge in [-0.25, -0.2) is 0 Å². The lowest BCUT2D eigenvalue weighted by molar-refractivity contribution is 0.256. The zero-order valence-electron chi connectivity index (χ0n) is 21.7. The summed E-state index contributed by atoms with van der Waals surface area (Å²) in [6, 6.07) is 19.1. The molecule has 0 heteroatoms. The number of rotatable bonds is 9. The number of hydrogen-bond donors (Lipinski definition) is 0. The van der Waals surface area contributed by atoms with E-state index in [-0.39, 0.29) is 0 Å². The van der Waals surface area contributed by atoms with Gasteiger partial charge in [-0.2, -0.15) is 0 Å². The Morgan fingerprint density at radius 3 is 1.61 bits per heavy atom. The number of benzene rings is 2. The Hall–Kier alpha value is -1.56. The Balaban J connectivity index is 1.29. The van der Waals surface area contributed by atoms with Crippen LogP contribution < -0.4 is 0 Å². The molecular formula is C33H48. The highest BCUT2D eigenvalue weighted by molar-refractivity contribution is 5.64. The van der Waals surface area contributed by atoms with Gasteiger partial charge in [0.05, 0.1) is 0 Å². The van der Waals surface area contributed by atoms with Gasteiger partial charge in [-0.05, 0) is 96.8 Å². The van der Waals surface area contributed by atoms with Crippen molar-refractivity contribution in [3.05, 3.63) is 59.7 Å². The molecule has 0 spiro atoms. The molecule has 33 heavy (non-hydrogen) atoms. The molecule has 2 aliphatic rings. The van der Waals surface area contributed by atoms with Gasteiger partial charge in [0.25, 0.3) is 0 Å². The summed E-state index contributed by atoms with van der Waals surface area (Å²) in [5.41, 5.74) is 5.87. The molecule has 2 fully saturated rings. The highest BCUT2D eigenvalue weighted by atomic mass is 14.3. The van der Waals surface area contributed by atoms with E-state index in [9.17, 15) is 0 Å². The van der Waals surface area contributed by atoms with E-state index in [2.05, 4.69) is 69.3 Å². The van der Waals surface area contributed by atoms with E-state index in [1.807, 2.05) is 0 Å². The molecule has 0 N–H and O–H groups in total. The van der Waals surface area contributed by atoms with Crippen molar-refractivity contribution in [1.29, 1.82) is 0 Å². The van der Waals surface area contributed by atoms with E-state index in [1.165, 1.54) is 94.6 Å². The maximum absolute atomic E-state index is 2.42. The lowest BCUT2D eigenvalue weighted by Crippen LogP contribution is -2.16. The fourth-order valence-electron chi connectivity index (χ4n) is 6.67. The fraction of sp³-hybridized carbons (Fsp3) is 0.636. The largest absolute Gasteiger partial charge is 0.0654 e. The van der Waals surface area contributed by atoms with Gasteiger partial charge in [-0.1, -0.05) is 108 Å². The van der Waals surface area contributed by atoms with Crippen LogP contribution in [0.15, 0.2) is 48.5 Å².